The Labute approximate surface area is 262 Å². The zero-order chi connectivity index (χ0) is 31.6. The molecule has 7 heteroatoms. The molecule has 3 aromatic rings. The third kappa shape index (κ3) is 9.50. The summed E-state index contributed by atoms with van der Waals surface area (Å²) in [6, 6.07) is 29.6. The zero-order valence-electron chi connectivity index (χ0n) is 26.7. The van der Waals surface area contributed by atoms with E-state index >= 15 is 0 Å². The molecule has 0 saturated carbocycles. The maximum atomic E-state index is 13.6. The van der Waals surface area contributed by atoms with Gasteiger partial charge in [-0.3, -0.25) is 4.90 Å². The molecule has 7 nitrogen and oxygen atoms in total. The van der Waals surface area contributed by atoms with Crippen molar-refractivity contribution in [3.63, 3.8) is 0 Å². The van der Waals surface area contributed by atoms with Gasteiger partial charge < -0.3 is 23.7 Å². The molecule has 4 unspecified atom stereocenters. The van der Waals surface area contributed by atoms with Crippen molar-refractivity contribution in [3.8, 4) is 0 Å². The van der Waals surface area contributed by atoms with Crippen LogP contribution in [-0.2, 0) is 43.5 Å². The second kappa shape index (κ2) is 15.5. The summed E-state index contributed by atoms with van der Waals surface area (Å²) in [5.41, 5.74) is 1.48. The Morgan fingerprint density at radius 3 is 1.86 bits per heavy atom. The van der Waals surface area contributed by atoms with Gasteiger partial charge in [0.25, 0.3) is 0 Å². The highest BCUT2D eigenvalue weighted by atomic mass is 16.6. The number of rotatable bonds is 14. The maximum Gasteiger partial charge on any atom is 0.412 e. The van der Waals surface area contributed by atoms with Crippen molar-refractivity contribution in [2.45, 2.75) is 96.5 Å². The molecule has 1 fully saturated rings. The van der Waals surface area contributed by atoms with Crippen LogP contribution in [0.5, 0.6) is 0 Å². The Hall–Kier alpha value is -3.49. The molecule has 44 heavy (non-hydrogen) atoms. The predicted molar refractivity (Wildman–Crippen MR) is 172 cm³/mol. The normalized spacial score (nSPS) is 19.3. The van der Waals surface area contributed by atoms with E-state index in [1.807, 2.05) is 126 Å². The third-order valence-corrected chi connectivity index (χ3v) is 7.39. The summed E-state index contributed by atoms with van der Waals surface area (Å²) in [5.74, 6) is 0. The molecule has 236 valence electrons. The summed E-state index contributed by atoms with van der Waals surface area (Å²) < 4.78 is 32.2. The lowest BCUT2D eigenvalue weighted by Gasteiger charge is -2.36. The van der Waals surface area contributed by atoms with Crippen molar-refractivity contribution in [2.75, 3.05) is 6.61 Å². The Kier molecular flexibility index (Phi) is 11.8. The summed E-state index contributed by atoms with van der Waals surface area (Å²) in [5, 5.41) is 0. The van der Waals surface area contributed by atoms with Gasteiger partial charge in [0.1, 0.15) is 29.6 Å². The van der Waals surface area contributed by atoms with Crippen LogP contribution in [0.4, 0.5) is 4.79 Å². The standard InChI is InChI=1S/C37H47NO6/c1-7-17-31-33(43-37(5,6)38(31)35(39)44-36(2,3)4)34(42-26-30-22-15-10-16-23-30)32(41-25-29-20-13-9-14-21-29)27-40-24-28-18-11-8-12-19-28/h7-16,18-23,31-34H,1,17,24-27H2,2-6H3. The molecule has 0 aromatic heterocycles. The topological polar surface area (TPSA) is 66.5 Å². The number of benzene rings is 3. The first-order valence-electron chi connectivity index (χ1n) is 15.3. The average Bonchev–Trinajstić information content (AvgIpc) is 3.26. The van der Waals surface area contributed by atoms with Gasteiger partial charge in [0.05, 0.1) is 32.5 Å². The fourth-order valence-corrected chi connectivity index (χ4v) is 5.44. The second-order valence-electron chi connectivity index (χ2n) is 12.6. The van der Waals surface area contributed by atoms with Crippen LogP contribution in [0.25, 0.3) is 0 Å². The monoisotopic (exact) mass is 601 g/mol. The van der Waals surface area contributed by atoms with E-state index in [2.05, 4.69) is 6.58 Å². The SMILES string of the molecule is C=CCC1C(C(OCc2ccccc2)C(COCc2ccccc2)OCc2ccccc2)OC(C)(C)N1C(=O)OC(C)(C)C. The number of hydrogen-bond donors (Lipinski definition) is 0. The first-order chi connectivity index (χ1) is 21.1. The average molecular weight is 602 g/mol. The number of nitrogens with zero attached hydrogens (tertiary/aromatic N) is 1. The molecular formula is C37H47NO6. The van der Waals surface area contributed by atoms with E-state index in [4.69, 9.17) is 23.7 Å². The first kappa shape index (κ1) is 33.4. The van der Waals surface area contributed by atoms with Gasteiger partial charge in [-0.15, -0.1) is 6.58 Å². The van der Waals surface area contributed by atoms with Crippen LogP contribution >= 0.6 is 0 Å². The summed E-state index contributed by atoms with van der Waals surface area (Å²) in [6.45, 7) is 14.7. The highest BCUT2D eigenvalue weighted by Gasteiger charge is 2.55. The van der Waals surface area contributed by atoms with Crippen molar-refractivity contribution in [1.29, 1.82) is 0 Å². The summed E-state index contributed by atoms with van der Waals surface area (Å²) in [6.07, 6.45) is 0.177. The lowest BCUT2D eigenvalue weighted by Crippen LogP contribution is -2.52. The molecule has 0 radical (unpaired) electrons. The molecule has 1 heterocycles. The molecule has 1 saturated heterocycles. The van der Waals surface area contributed by atoms with Gasteiger partial charge in [-0.2, -0.15) is 0 Å². The molecule has 0 bridgehead atoms. The van der Waals surface area contributed by atoms with E-state index in [1.165, 1.54) is 0 Å². The van der Waals surface area contributed by atoms with Crippen molar-refractivity contribution in [1.82, 2.24) is 4.90 Å². The Morgan fingerprint density at radius 2 is 1.36 bits per heavy atom. The lowest BCUT2D eigenvalue weighted by atomic mass is 9.97. The zero-order valence-corrected chi connectivity index (χ0v) is 26.7. The Balaban J connectivity index is 1.67. The van der Waals surface area contributed by atoms with Gasteiger partial charge in [0, 0.05) is 0 Å². The predicted octanol–water partition coefficient (Wildman–Crippen LogP) is 7.69. The largest absolute Gasteiger partial charge is 0.444 e. The highest BCUT2D eigenvalue weighted by Crippen LogP contribution is 2.39. The molecule has 4 rings (SSSR count). The number of carbonyl (C=O) groups excluding carboxylic acids is 1. The van der Waals surface area contributed by atoms with E-state index in [0.29, 0.717) is 26.2 Å². The Morgan fingerprint density at radius 1 is 0.864 bits per heavy atom. The van der Waals surface area contributed by atoms with Gasteiger partial charge in [-0.05, 0) is 57.7 Å². The molecule has 1 aliphatic rings. The minimum Gasteiger partial charge on any atom is -0.444 e. The lowest BCUT2D eigenvalue weighted by molar-refractivity contribution is -0.176. The van der Waals surface area contributed by atoms with Crippen LogP contribution in [0, 0.1) is 0 Å². The first-order valence-corrected chi connectivity index (χ1v) is 15.3. The molecule has 3 aromatic carbocycles. The Bertz CT molecular complexity index is 1290. The van der Waals surface area contributed by atoms with Gasteiger partial charge >= 0.3 is 6.09 Å². The molecule has 1 amide bonds. The number of carbonyl (C=O) groups is 1. The van der Waals surface area contributed by atoms with Crippen LogP contribution in [0.2, 0.25) is 0 Å². The van der Waals surface area contributed by atoms with Gasteiger partial charge in [-0.1, -0.05) is 97.1 Å². The van der Waals surface area contributed by atoms with Crippen LogP contribution < -0.4 is 0 Å². The summed E-state index contributed by atoms with van der Waals surface area (Å²) in [7, 11) is 0. The van der Waals surface area contributed by atoms with Gasteiger partial charge in [0.15, 0.2) is 0 Å². The highest BCUT2D eigenvalue weighted by molar-refractivity contribution is 5.70. The van der Waals surface area contributed by atoms with E-state index in [9.17, 15) is 4.79 Å². The molecule has 0 spiro atoms. The minimum atomic E-state index is -0.968. The summed E-state index contributed by atoms with van der Waals surface area (Å²) >= 11 is 0. The van der Waals surface area contributed by atoms with Crippen molar-refractivity contribution >= 4 is 6.09 Å². The second-order valence-corrected chi connectivity index (χ2v) is 12.6. The molecule has 0 N–H and O–H groups in total. The van der Waals surface area contributed by atoms with Gasteiger partial charge in [0.2, 0.25) is 0 Å². The number of hydrogen-bond acceptors (Lipinski definition) is 6. The maximum absolute atomic E-state index is 13.6. The fourth-order valence-electron chi connectivity index (χ4n) is 5.44. The van der Waals surface area contributed by atoms with Crippen molar-refractivity contribution < 1.29 is 28.5 Å². The minimum absolute atomic E-state index is 0.259. The third-order valence-electron chi connectivity index (χ3n) is 7.39. The van der Waals surface area contributed by atoms with Crippen molar-refractivity contribution in [3.05, 3.63) is 120 Å². The van der Waals surface area contributed by atoms with E-state index in [-0.39, 0.29) is 6.61 Å². The van der Waals surface area contributed by atoms with Crippen LogP contribution in [0.15, 0.2) is 104 Å². The van der Waals surface area contributed by atoms with Gasteiger partial charge in [-0.25, -0.2) is 4.79 Å². The van der Waals surface area contributed by atoms with Crippen molar-refractivity contribution in [2.24, 2.45) is 0 Å². The quantitative estimate of drug-likeness (QED) is 0.177. The molecular weight excluding hydrogens is 554 g/mol. The van der Waals surface area contributed by atoms with Crippen LogP contribution in [0.3, 0.4) is 0 Å². The smallest absolute Gasteiger partial charge is 0.412 e. The summed E-state index contributed by atoms with van der Waals surface area (Å²) in [4.78, 5) is 15.3. The number of amides is 1. The molecule has 1 aliphatic heterocycles. The van der Waals surface area contributed by atoms with E-state index in [0.717, 1.165) is 16.7 Å². The fraction of sp³-hybridized carbons (Fsp3) is 0.432. The molecule has 4 atom stereocenters. The van der Waals surface area contributed by atoms with Crippen LogP contribution in [-0.4, -0.2) is 53.3 Å². The van der Waals surface area contributed by atoms with E-state index in [1.54, 1.807) is 11.0 Å². The van der Waals surface area contributed by atoms with Crippen LogP contribution in [0.1, 0.15) is 57.7 Å². The van der Waals surface area contributed by atoms with E-state index < -0.39 is 41.8 Å². The molecule has 0 aliphatic carbocycles. The number of ether oxygens (including phenoxy) is 5.